The molecule has 0 atom stereocenters. The fraction of sp³-hybridized carbons (Fsp3) is 0.130. The van der Waals surface area contributed by atoms with Crippen LogP contribution in [0.15, 0.2) is 66.7 Å². The van der Waals surface area contributed by atoms with Crippen LogP contribution < -0.4 is 15.4 Å². The number of nitrogens with one attached hydrogen (secondary N) is 2. The Morgan fingerprint density at radius 1 is 1.07 bits per heavy atom. The van der Waals surface area contributed by atoms with Crippen LogP contribution in [0.5, 0.6) is 5.75 Å². The fourth-order valence-corrected chi connectivity index (χ4v) is 4.06. The second kappa shape index (κ2) is 8.32. The zero-order chi connectivity index (χ0) is 20.2. The van der Waals surface area contributed by atoms with Gasteiger partial charge in [-0.15, -0.1) is 11.3 Å². The van der Waals surface area contributed by atoms with Crippen LogP contribution in [-0.2, 0) is 6.54 Å². The van der Waals surface area contributed by atoms with E-state index in [9.17, 15) is 4.79 Å². The molecule has 0 fully saturated rings. The maximum absolute atomic E-state index is 12.2. The summed E-state index contributed by atoms with van der Waals surface area (Å²) in [5.74, 6) is 0.769. The molecule has 1 aromatic heterocycles. The molecule has 0 unspecified atom stereocenters. The standard InChI is InChI=1S/C23H21N3O2S/c1-15-6-11-20-21(12-15)29-22(26-20)17-7-9-18(10-8-17)25-23(27)24-14-16-4-3-5-19(13-16)28-2/h3-13H,14H2,1-2H3,(H2,24,25,27). The van der Waals surface area contributed by atoms with Crippen LogP contribution in [0, 0.1) is 6.92 Å². The number of aromatic nitrogens is 1. The summed E-state index contributed by atoms with van der Waals surface area (Å²) in [5.41, 5.74) is 4.97. The number of methoxy groups -OCH3 is 1. The number of amides is 2. The Kier molecular flexibility index (Phi) is 5.44. The number of rotatable bonds is 5. The highest BCUT2D eigenvalue weighted by atomic mass is 32.1. The first-order chi connectivity index (χ1) is 14.1. The molecule has 0 aliphatic heterocycles. The first-order valence-electron chi connectivity index (χ1n) is 9.26. The molecule has 2 N–H and O–H groups in total. The van der Waals surface area contributed by atoms with Gasteiger partial charge >= 0.3 is 6.03 Å². The normalized spacial score (nSPS) is 10.7. The van der Waals surface area contributed by atoms with Gasteiger partial charge in [-0.3, -0.25) is 0 Å². The summed E-state index contributed by atoms with van der Waals surface area (Å²) in [4.78, 5) is 16.9. The highest BCUT2D eigenvalue weighted by Gasteiger charge is 2.08. The van der Waals surface area contributed by atoms with E-state index in [1.165, 1.54) is 10.3 Å². The van der Waals surface area contributed by atoms with Gasteiger partial charge in [0, 0.05) is 17.8 Å². The second-order valence-electron chi connectivity index (χ2n) is 6.73. The van der Waals surface area contributed by atoms with Gasteiger partial charge in [-0.05, 0) is 66.6 Å². The van der Waals surface area contributed by atoms with Crippen molar-refractivity contribution in [2.75, 3.05) is 12.4 Å². The topological polar surface area (TPSA) is 63.2 Å². The molecule has 3 aromatic carbocycles. The Balaban J connectivity index is 1.38. The number of hydrogen-bond acceptors (Lipinski definition) is 4. The first kappa shape index (κ1) is 19.0. The predicted molar refractivity (Wildman–Crippen MR) is 119 cm³/mol. The highest BCUT2D eigenvalue weighted by Crippen LogP contribution is 2.31. The minimum Gasteiger partial charge on any atom is -0.497 e. The number of carbonyl (C=O) groups excluding carboxylic acids is 1. The molecule has 4 aromatic rings. The van der Waals surface area contributed by atoms with Gasteiger partial charge in [0.1, 0.15) is 10.8 Å². The SMILES string of the molecule is COc1cccc(CNC(=O)Nc2ccc(-c3nc4ccc(C)cc4s3)cc2)c1. The summed E-state index contributed by atoms with van der Waals surface area (Å²) in [7, 11) is 1.62. The molecule has 5 nitrogen and oxygen atoms in total. The van der Waals surface area contributed by atoms with Crippen molar-refractivity contribution in [2.45, 2.75) is 13.5 Å². The molecule has 1 heterocycles. The highest BCUT2D eigenvalue weighted by molar-refractivity contribution is 7.21. The van der Waals surface area contributed by atoms with Gasteiger partial charge in [0.15, 0.2) is 0 Å². The Hall–Kier alpha value is -3.38. The molecule has 0 aliphatic carbocycles. The fourth-order valence-electron chi connectivity index (χ4n) is 2.99. The molecular formula is C23H21N3O2S. The minimum atomic E-state index is -0.254. The third-order valence-electron chi connectivity index (χ3n) is 4.52. The van der Waals surface area contributed by atoms with Gasteiger partial charge < -0.3 is 15.4 Å². The molecule has 4 rings (SSSR count). The summed E-state index contributed by atoms with van der Waals surface area (Å²) in [6.45, 7) is 2.50. The van der Waals surface area contributed by atoms with Gasteiger partial charge in [-0.1, -0.05) is 18.2 Å². The van der Waals surface area contributed by atoms with Gasteiger partial charge in [0.05, 0.1) is 17.3 Å². The third-order valence-corrected chi connectivity index (χ3v) is 5.59. The van der Waals surface area contributed by atoms with Crippen LogP contribution in [0.4, 0.5) is 10.5 Å². The molecular weight excluding hydrogens is 382 g/mol. The van der Waals surface area contributed by atoms with Crippen LogP contribution in [0.25, 0.3) is 20.8 Å². The number of ether oxygens (including phenoxy) is 1. The van der Waals surface area contributed by atoms with E-state index in [4.69, 9.17) is 9.72 Å². The number of benzene rings is 3. The number of nitrogens with zero attached hydrogens (tertiary/aromatic N) is 1. The summed E-state index contributed by atoms with van der Waals surface area (Å²) in [6, 6.07) is 21.4. The van der Waals surface area contributed by atoms with Crippen molar-refractivity contribution in [3.05, 3.63) is 77.9 Å². The van der Waals surface area contributed by atoms with Crippen molar-refractivity contribution in [1.29, 1.82) is 0 Å². The molecule has 0 radical (unpaired) electrons. The van der Waals surface area contributed by atoms with E-state index >= 15 is 0 Å². The third kappa shape index (κ3) is 4.55. The summed E-state index contributed by atoms with van der Waals surface area (Å²) < 4.78 is 6.38. The molecule has 146 valence electrons. The number of urea groups is 1. The van der Waals surface area contributed by atoms with Gasteiger partial charge in [-0.25, -0.2) is 9.78 Å². The predicted octanol–water partition coefficient (Wildman–Crippen LogP) is 5.60. The first-order valence-corrected chi connectivity index (χ1v) is 10.1. The van der Waals surface area contributed by atoms with E-state index < -0.39 is 0 Å². The van der Waals surface area contributed by atoms with Gasteiger partial charge in [0.25, 0.3) is 0 Å². The average Bonchev–Trinajstić information content (AvgIpc) is 3.16. The van der Waals surface area contributed by atoms with E-state index in [1.54, 1.807) is 18.4 Å². The molecule has 6 heteroatoms. The largest absolute Gasteiger partial charge is 0.497 e. The second-order valence-corrected chi connectivity index (χ2v) is 7.76. The molecule has 29 heavy (non-hydrogen) atoms. The van der Waals surface area contributed by atoms with Crippen molar-refractivity contribution in [3.8, 4) is 16.3 Å². The zero-order valence-corrected chi connectivity index (χ0v) is 17.0. The molecule has 2 amide bonds. The van der Waals surface area contributed by atoms with Gasteiger partial charge in [0.2, 0.25) is 0 Å². The number of thiazole rings is 1. The minimum absolute atomic E-state index is 0.254. The van der Waals surface area contributed by atoms with Gasteiger partial charge in [-0.2, -0.15) is 0 Å². The molecule has 0 saturated heterocycles. The zero-order valence-electron chi connectivity index (χ0n) is 16.2. The summed E-state index contributed by atoms with van der Waals surface area (Å²) in [6.07, 6.45) is 0. The number of anilines is 1. The summed E-state index contributed by atoms with van der Waals surface area (Å²) in [5, 5.41) is 6.68. The van der Waals surface area contributed by atoms with E-state index in [0.29, 0.717) is 6.54 Å². The molecule has 0 bridgehead atoms. The molecule has 0 aliphatic rings. The summed E-state index contributed by atoms with van der Waals surface area (Å²) >= 11 is 1.67. The maximum atomic E-state index is 12.2. The molecule has 0 saturated carbocycles. The van der Waals surface area contributed by atoms with Crippen molar-refractivity contribution in [1.82, 2.24) is 10.3 Å². The number of hydrogen-bond donors (Lipinski definition) is 2. The monoisotopic (exact) mass is 403 g/mol. The Morgan fingerprint density at radius 3 is 2.69 bits per heavy atom. The quantitative estimate of drug-likeness (QED) is 0.456. The van der Waals surface area contributed by atoms with Crippen molar-refractivity contribution < 1.29 is 9.53 Å². The lowest BCUT2D eigenvalue weighted by molar-refractivity contribution is 0.251. The lowest BCUT2D eigenvalue weighted by atomic mass is 10.2. The van der Waals surface area contributed by atoms with E-state index in [2.05, 4.69) is 29.7 Å². The van der Waals surface area contributed by atoms with Crippen LogP contribution in [0.3, 0.4) is 0 Å². The van der Waals surface area contributed by atoms with Crippen molar-refractivity contribution >= 4 is 33.3 Å². The molecule has 0 spiro atoms. The van der Waals surface area contributed by atoms with Crippen molar-refractivity contribution in [3.63, 3.8) is 0 Å². The Labute approximate surface area is 173 Å². The maximum Gasteiger partial charge on any atom is 0.319 e. The smallest absolute Gasteiger partial charge is 0.319 e. The average molecular weight is 404 g/mol. The number of fused-ring (bicyclic) bond motifs is 1. The number of aryl methyl sites for hydroxylation is 1. The van der Waals surface area contributed by atoms with E-state index in [-0.39, 0.29) is 6.03 Å². The van der Waals surface area contributed by atoms with E-state index in [1.807, 2.05) is 54.6 Å². The van der Waals surface area contributed by atoms with Crippen molar-refractivity contribution in [2.24, 2.45) is 0 Å². The van der Waals surface area contributed by atoms with Crippen LogP contribution in [-0.4, -0.2) is 18.1 Å². The van der Waals surface area contributed by atoms with Crippen LogP contribution in [0.1, 0.15) is 11.1 Å². The van der Waals surface area contributed by atoms with Crippen LogP contribution >= 0.6 is 11.3 Å². The Bertz CT molecular complexity index is 1150. The lowest BCUT2D eigenvalue weighted by Gasteiger charge is -2.09. The number of carbonyl (C=O) groups is 1. The lowest BCUT2D eigenvalue weighted by Crippen LogP contribution is -2.28. The Morgan fingerprint density at radius 2 is 1.90 bits per heavy atom. The van der Waals surface area contributed by atoms with Crippen LogP contribution in [0.2, 0.25) is 0 Å². The van der Waals surface area contributed by atoms with E-state index in [0.717, 1.165) is 33.1 Å².